The van der Waals surface area contributed by atoms with E-state index in [4.69, 9.17) is 5.10 Å². The van der Waals surface area contributed by atoms with E-state index >= 15 is 0 Å². The Labute approximate surface area is 125 Å². The fourth-order valence-corrected chi connectivity index (χ4v) is 3.06. The number of nitrogens with zero attached hydrogens (tertiary/aromatic N) is 2. The zero-order chi connectivity index (χ0) is 15.1. The maximum Gasteiger partial charge on any atom is 0.0628 e. The van der Waals surface area contributed by atoms with Crippen LogP contribution >= 0.6 is 0 Å². The lowest BCUT2D eigenvalue weighted by atomic mass is 9.85. The summed E-state index contributed by atoms with van der Waals surface area (Å²) in [6.07, 6.45) is 5.53. The van der Waals surface area contributed by atoms with Gasteiger partial charge < -0.3 is 5.32 Å². The third kappa shape index (κ3) is 4.62. The van der Waals surface area contributed by atoms with Crippen molar-refractivity contribution in [1.29, 1.82) is 0 Å². The van der Waals surface area contributed by atoms with Crippen LogP contribution in [0.2, 0.25) is 0 Å². The van der Waals surface area contributed by atoms with Gasteiger partial charge in [0.2, 0.25) is 0 Å². The van der Waals surface area contributed by atoms with Crippen LogP contribution < -0.4 is 5.32 Å². The molecule has 20 heavy (non-hydrogen) atoms. The lowest BCUT2D eigenvalue weighted by Crippen LogP contribution is -2.37. The molecular formula is C17H33N3. The van der Waals surface area contributed by atoms with E-state index in [-0.39, 0.29) is 0 Å². The molecule has 116 valence electrons. The first-order valence-electron chi connectivity index (χ1n) is 8.30. The van der Waals surface area contributed by atoms with Crippen molar-refractivity contribution < 1.29 is 0 Å². The molecule has 0 amide bonds. The summed E-state index contributed by atoms with van der Waals surface area (Å²) in [5.74, 6) is 1.31. The number of aromatic nitrogens is 2. The average molecular weight is 279 g/mol. The van der Waals surface area contributed by atoms with Gasteiger partial charge in [-0.3, -0.25) is 4.68 Å². The standard InChI is InChI=1S/C17H33N3/c1-7-16(8-2)20-11-10-15(19-20)12-17(13(4)5)14(6)18-9-3/h10-11,13-14,16-18H,7-9,12H2,1-6H3. The maximum absolute atomic E-state index is 4.81. The molecule has 0 fully saturated rings. The Morgan fingerprint density at radius 1 is 1.15 bits per heavy atom. The smallest absolute Gasteiger partial charge is 0.0628 e. The van der Waals surface area contributed by atoms with Gasteiger partial charge in [-0.15, -0.1) is 0 Å². The van der Waals surface area contributed by atoms with Crippen LogP contribution in [0.4, 0.5) is 0 Å². The average Bonchev–Trinajstić information content (AvgIpc) is 2.86. The van der Waals surface area contributed by atoms with Gasteiger partial charge in [0.05, 0.1) is 11.7 Å². The van der Waals surface area contributed by atoms with E-state index in [1.54, 1.807) is 0 Å². The van der Waals surface area contributed by atoms with Crippen LogP contribution in [0.1, 0.15) is 66.1 Å². The molecule has 0 bridgehead atoms. The molecule has 0 aliphatic heterocycles. The first-order valence-corrected chi connectivity index (χ1v) is 8.30. The molecular weight excluding hydrogens is 246 g/mol. The summed E-state index contributed by atoms with van der Waals surface area (Å²) < 4.78 is 2.16. The van der Waals surface area contributed by atoms with Crippen LogP contribution in [0, 0.1) is 11.8 Å². The van der Waals surface area contributed by atoms with Crippen molar-refractivity contribution >= 4 is 0 Å². The quantitative estimate of drug-likeness (QED) is 0.739. The second-order valence-corrected chi connectivity index (χ2v) is 6.22. The largest absolute Gasteiger partial charge is 0.314 e. The second kappa shape index (κ2) is 8.46. The Morgan fingerprint density at radius 3 is 2.30 bits per heavy atom. The summed E-state index contributed by atoms with van der Waals surface area (Å²) >= 11 is 0. The minimum absolute atomic E-state index is 0.540. The van der Waals surface area contributed by atoms with Crippen LogP contribution in [0.5, 0.6) is 0 Å². The summed E-state index contributed by atoms with van der Waals surface area (Å²) in [4.78, 5) is 0. The van der Waals surface area contributed by atoms with E-state index in [2.05, 4.69) is 63.8 Å². The Bertz CT molecular complexity index is 366. The predicted molar refractivity (Wildman–Crippen MR) is 87.0 cm³/mol. The summed E-state index contributed by atoms with van der Waals surface area (Å²) in [6, 6.07) is 3.29. The molecule has 1 heterocycles. The molecule has 0 saturated carbocycles. The predicted octanol–water partition coefficient (Wildman–Crippen LogP) is 4.06. The summed E-state index contributed by atoms with van der Waals surface area (Å²) in [7, 11) is 0. The van der Waals surface area contributed by atoms with E-state index in [9.17, 15) is 0 Å². The van der Waals surface area contributed by atoms with Gasteiger partial charge in [-0.2, -0.15) is 5.10 Å². The van der Waals surface area contributed by atoms with Crippen molar-refractivity contribution in [2.75, 3.05) is 6.54 Å². The molecule has 1 rings (SSSR count). The number of nitrogens with one attached hydrogen (secondary N) is 1. The highest BCUT2D eigenvalue weighted by molar-refractivity contribution is 5.02. The zero-order valence-electron chi connectivity index (χ0n) is 14.2. The van der Waals surface area contributed by atoms with Gasteiger partial charge in [-0.25, -0.2) is 0 Å². The second-order valence-electron chi connectivity index (χ2n) is 6.22. The van der Waals surface area contributed by atoms with Crippen molar-refractivity contribution in [2.45, 2.75) is 72.9 Å². The van der Waals surface area contributed by atoms with Crippen LogP contribution in [0.3, 0.4) is 0 Å². The van der Waals surface area contributed by atoms with Gasteiger partial charge in [0.15, 0.2) is 0 Å². The summed E-state index contributed by atoms with van der Waals surface area (Å²) in [5.41, 5.74) is 1.24. The lowest BCUT2D eigenvalue weighted by Gasteiger charge is -2.27. The third-order valence-electron chi connectivity index (χ3n) is 4.45. The Balaban J connectivity index is 2.74. The minimum atomic E-state index is 0.540. The fourth-order valence-electron chi connectivity index (χ4n) is 3.06. The molecule has 0 aliphatic rings. The molecule has 2 atom stereocenters. The van der Waals surface area contributed by atoms with Gasteiger partial charge in [0, 0.05) is 12.2 Å². The van der Waals surface area contributed by atoms with E-state index in [1.807, 2.05) is 0 Å². The van der Waals surface area contributed by atoms with Crippen molar-refractivity contribution in [3.05, 3.63) is 18.0 Å². The van der Waals surface area contributed by atoms with Gasteiger partial charge >= 0.3 is 0 Å². The fraction of sp³-hybridized carbons (Fsp3) is 0.824. The molecule has 1 N–H and O–H groups in total. The van der Waals surface area contributed by atoms with E-state index in [0.717, 1.165) is 25.8 Å². The molecule has 3 nitrogen and oxygen atoms in total. The van der Waals surface area contributed by atoms with Crippen LogP contribution in [0.15, 0.2) is 12.3 Å². The van der Waals surface area contributed by atoms with E-state index in [0.29, 0.717) is 23.9 Å². The van der Waals surface area contributed by atoms with Crippen LogP contribution in [-0.2, 0) is 6.42 Å². The maximum atomic E-state index is 4.81. The lowest BCUT2D eigenvalue weighted by molar-refractivity contribution is 0.288. The highest BCUT2D eigenvalue weighted by atomic mass is 15.3. The van der Waals surface area contributed by atoms with E-state index < -0.39 is 0 Å². The van der Waals surface area contributed by atoms with Crippen molar-refractivity contribution in [3.8, 4) is 0 Å². The van der Waals surface area contributed by atoms with Crippen LogP contribution in [-0.4, -0.2) is 22.4 Å². The number of hydrogen-bond acceptors (Lipinski definition) is 2. The zero-order valence-corrected chi connectivity index (χ0v) is 14.2. The summed E-state index contributed by atoms with van der Waals surface area (Å²) in [6.45, 7) is 14.6. The van der Waals surface area contributed by atoms with Crippen molar-refractivity contribution in [3.63, 3.8) is 0 Å². The minimum Gasteiger partial charge on any atom is -0.314 e. The van der Waals surface area contributed by atoms with Crippen LogP contribution in [0.25, 0.3) is 0 Å². The molecule has 1 aromatic heterocycles. The highest BCUT2D eigenvalue weighted by Crippen LogP contribution is 2.21. The van der Waals surface area contributed by atoms with Crippen molar-refractivity contribution in [2.24, 2.45) is 11.8 Å². The number of hydrogen-bond donors (Lipinski definition) is 1. The molecule has 0 radical (unpaired) electrons. The Hall–Kier alpha value is -0.830. The Morgan fingerprint density at radius 2 is 1.80 bits per heavy atom. The first-order chi connectivity index (χ1) is 9.53. The third-order valence-corrected chi connectivity index (χ3v) is 4.45. The molecule has 0 aromatic carbocycles. The molecule has 0 aliphatic carbocycles. The SMILES string of the molecule is CCNC(C)C(Cc1ccn(C(CC)CC)n1)C(C)C. The summed E-state index contributed by atoms with van der Waals surface area (Å²) in [5, 5.41) is 8.37. The Kier molecular flexibility index (Phi) is 7.28. The van der Waals surface area contributed by atoms with Gasteiger partial charge in [0.25, 0.3) is 0 Å². The van der Waals surface area contributed by atoms with Gasteiger partial charge in [-0.1, -0.05) is 34.6 Å². The molecule has 3 heteroatoms. The monoisotopic (exact) mass is 279 g/mol. The van der Waals surface area contributed by atoms with Gasteiger partial charge in [0.1, 0.15) is 0 Å². The van der Waals surface area contributed by atoms with E-state index in [1.165, 1.54) is 5.69 Å². The van der Waals surface area contributed by atoms with Crippen molar-refractivity contribution in [1.82, 2.24) is 15.1 Å². The topological polar surface area (TPSA) is 29.9 Å². The molecule has 1 aromatic rings. The molecule has 0 saturated heterocycles. The molecule has 0 spiro atoms. The number of rotatable bonds is 9. The normalized spacial score (nSPS) is 15.0. The van der Waals surface area contributed by atoms with Gasteiger partial charge in [-0.05, 0) is 50.6 Å². The first kappa shape index (κ1) is 17.2. The highest BCUT2D eigenvalue weighted by Gasteiger charge is 2.22. The molecule has 2 unspecified atom stereocenters.